The van der Waals surface area contributed by atoms with Crippen molar-refractivity contribution in [2.24, 2.45) is 4.99 Å². The summed E-state index contributed by atoms with van der Waals surface area (Å²) in [5.74, 6) is 2.42. The van der Waals surface area contributed by atoms with Gasteiger partial charge in [-0.15, -0.1) is 0 Å². The van der Waals surface area contributed by atoms with Crippen molar-refractivity contribution < 1.29 is 9.47 Å². The zero-order valence-electron chi connectivity index (χ0n) is 14.8. The molecule has 5 heteroatoms. The van der Waals surface area contributed by atoms with E-state index in [1.807, 2.05) is 12.1 Å². The van der Waals surface area contributed by atoms with Crippen molar-refractivity contribution in [3.05, 3.63) is 59.2 Å². The SMILES string of the molecule is CN=C(NCc1ccc2c(c1)OCCCO2)NCc1ccccc1C. The molecular formula is C20H25N3O2. The lowest BCUT2D eigenvalue weighted by atomic mass is 10.1. The second kappa shape index (κ2) is 8.42. The second-order valence-electron chi connectivity index (χ2n) is 6.04. The molecular weight excluding hydrogens is 314 g/mol. The van der Waals surface area contributed by atoms with Crippen LogP contribution in [0.2, 0.25) is 0 Å². The highest BCUT2D eigenvalue weighted by Crippen LogP contribution is 2.30. The van der Waals surface area contributed by atoms with Crippen LogP contribution in [0.5, 0.6) is 11.5 Å². The van der Waals surface area contributed by atoms with Crippen LogP contribution in [0, 0.1) is 6.92 Å². The summed E-state index contributed by atoms with van der Waals surface area (Å²) in [7, 11) is 1.78. The van der Waals surface area contributed by atoms with Gasteiger partial charge in [-0.25, -0.2) is 0 Å². The summed E-state index contributed by atoms with van der Waals surface area (Å²) in [5, 5.41) is 6.69. The van der Waals surface area contributed by atoms with Gasteiger partial charge in [0.25, 0.3) is 0 Å². The van der Waals surface area contributed by atoms with Crippen LogP contribution in [0.1, 0.15) is 23.1 Å². The normalized spacial score (nSPS) is 13.9. The topological polar surface area (TPSA) is 54.9 Å². The Morgan fingerprint density at radius 1 is 1.00 bits per heavy atom. The maximum atomic E-state index is 5.74. The van der Waals surface area contributed by atoms with E-state index in [0.29, 0.717) is 19.8 Å². The first-order valence-electron chi connectivity index (χ1n) is 8.64. The van der Waals surface area contributed by atoms with Crippen molar-refractivity contribution in [2.75, 3.05) is 20.3 Å². The Morgan fingerprint density at radius 3 is 2.56 bits per heavy atom. The fourth-order valence-corrected chi connectivity index (χ4v) is 2.71. The minimum absolute atomic E-state index is 0.671. The van der Waals surface area contributed by atoms with Gasteiger partial charge in [-0.1, -0.05) is 30.3 Å². The van der Waals surface area contributed by atoms with E-state index in [1.54, 1.807) is 7.05 Å². The third-order valence-electron chi connectivity index (χ3n) is 4.20. The van der Waals surface area contributed by atoms with E-state index in [9.17, 15) is 0 Å². The Balaban J connectivity index is 1.56. The van der Waals surface area contributed by atoms with E-state index in [1.165, 1.54) is 11.1 Å². The van der Waals surface area contributed by atoms with Crippen molar-refractivity contribution in [1.82, 2.24) is 10.6 Å². The van der Waals surface area contributed by atoms with Gasteiger partial charge in [0.05, 0.1) is 13.2 Å². The molecule has 0 unspecified atom stereocenters. The van der Waals surface area contributed by atoms with Gasteiger partial charge in [-0.05, 0) is 35.7 Å². The van der Waals surface area contributed by atoms with Gasteiger partial charge in [-0.2, -0.15) is 0 Å². The summed E-state index contributed by atoms with van der Waals surface area (Å²) in [5.41, 5.74) is 3.66. The molecule has 2 aromatic carbocycles. The lowest BCUT2D eigenvalue weighted by Crippen LogP contribution is -2.36. The van der Waals surface area contributed by atoms with Gasteiger partial charge in [-0.3, -0.25) is 4.99 Å². The Hall–Kier alpha value is -2.69. The Bertz CT molecular complexity index is 743. The Kier molecular flexibility index (Phi) is 5.77. The monoisotopic (exact) mass is 339 g/mol. The number of ether oxygens (including phenoxy) is 2. The number of benzene rings is 2. The van der Waals surface area contributed by atoms with Gasteiger partial charge >= 0.3 is 0 Å². The first kappa shape index (κ1) is 17.1. The van der Waals surface area contributed by atoms with Crippen molar-refractivity contribution in [2.45, 2.75) is 26.4 Å². The number of aryl methyl sites for hydroxylation is 1. The summed E-state index contributed by atoms with van der Waals surface area (Å²) in [4.78, 5) is 4.29. The molecule has 0 fully saturated rings. The van der Waals surface area contributed by atoms with Crippen LogP contribution in [-0.2, 0) is 13.1 Å². The standard InChI is InChI=1S/C20H25N3O2/c1-15-6-3-4-7-17(15)14-23-20(21-2)22-13-16-8-9-18-19(12-16)25-11-5-10-24-18/h3-4,6-9,12H,5,10-11,13-14H2,1-2H3,(H2,21,22,23). The van der Waals surface area contributed by atoms with Crippen LogP contribution in [0.3, 0.4) is 0 Å². The van der Waals surface area contributed by atoms with E-state index >= 15 is 0 Å². The highest BCUT2D eigenvalue weighted by Gasteiger charge is 2.10. The van der Waals surface area contributed by atoms with Crippen LogP contribution in [0.4, 0.5) is 0 Å². The molecule has 0 bridgehead atoms. The first-order valence-corrected chi connectivity index (χ1v) is 8.64. The molecule has 0 spiro atoms. The highest BCUT2D eigenvalue weighted by atomic mass is 16.5. The molecule has 1 aliphatic heterocycles. The van der Waals surface area contributed by atoms with Crippen LogP contribution in [0.25, 0.3) is 0 Å². The summed E-state index contributed by atoms with van der Waals surface area (Å²) in [6, 6.07) is 14.4. The molecule has 0 atom stereocenters. The van der Waals surface area contributed by atoms with Crippen molar-refractivity contribution in [1.29, 1.82) is 0 Å². The summed E-state index contributed by atoms with van der Waals surface area (Å²) < 4.78 is 11.4. The van der Waals surface area contributed by atoms with Crippen LogP contribution >= 0.6 is 0 Å². The minimum atomic E-state index is 0.671. The Labute approximate surface area is 149 Å². The van der Waals surface area contributed by atoms with Crippen LogP contribution in [0.15, 0.2) is 47.5 Å². The number of nitrogens with one attached hydrogen (secondary N) is 2. The minimum Gasteiger partial charge on any atom is -0.490 e. The molecule has 0 saturated heterocycles. The maximum Gasteiger partial charge on any atom is 0.191 e. The predicted octanol–water partition coefficient (Wildman–Crippen LogP) is 3.02. The lowest BCUT2D eigenvalue weighted by molar-refractivity contribution is 0.297. The molecule has 1 aliphatic rings. The smallest absolute Gasteiger partial charge is 0.191 e. The fourth-order valence-electron chi connectivity index (χ4n) is 2.71. The number of rotatable bonds is 4. The van der Waals surface area contributed by atoms with Crippen LogP contribution < -0.4 is 20.1 Å². The lowest BCUT2D eigenvalue weighted by Gasteiger charge is -2.14. The van der Waals surface area contributed by atoms with Crippen LogP contribution in [-0.4, -0.2) is 26.2 Å². The van der Waals surface area contributed by atoms with Crippen molar-refractivity contribution in [3.8, 4) is 11.5 Å². The number of guanidine groups is 1. The Morgan fingerprint density at radius 2 is 1.76 bits per heavy atom. The maximum absolute atomic E-state index is 5.74. The van der Waals surface area contributed by atoms with E-state index in [0.717, 1.165) is 36.0 Å². The molecule has 0 amide bonds. The van der Waals surface area contributed by atoms with Crippen molar-refractivity contribution >= 4 is 5.96 Å². The predicted molar refractivity (Wildman–Crippen MR) is 100 cm³/mol. The van der Waals surface area contributed by atoms with E-state index in [-0.39, 0.29) is 0 Å². The van der Waals surface area contributed by atoms with Gasteiger partial charge in [0.1, 0.15) is 0 Å². The third kappa shape index (κ3) is 4.66. The van der Waals surface area contributed by atoms with Gasteiger partial charge in [0, 0.05) is 26.6 Å². The van der Waals surface area contributed by atoms with Gasteiger partial charge < -0.3 is 20.1 Å². The summed E-state index contributed by atoms with van der Waals surface area (Å²) in [6.07, 6.45) is 0.914. The molecule has 1 heterocycles. The molecule has 0 aliphatic carbocycles. The molecule has 132 valence electrons. The number of aliphatic imine (C=N–C) groups is 1. The van der Waals surface area contributed by atoms with E-state index in [4.69, 9.17) is 9.47 Å². The number of fused-ring (bicyclic) bond motifs is 1. The van der Waals surface area contributed by atoms with Crippen molar-refractivity contribution in [3.63, 3.8) is 0 Å². The zero-order valence-corrected chi connectivity index (χ0v) is 14.8. The molecule has 2 N–H and O–H groups in total. The first-order chi connectivity index (χ1) is 12.3. The van der Waals surface area contributed by atoms with E-state index in [2.05, 4.69) is 52.9 Å². The highest BCUT2D eigenvalue weighted by molar-refractivity contribution is 5.79. The number of nitrogens with zero attached hydrogens (tertiary/aromatic N) is 1. The average molecular weight is 339 g/mol. The number of hydrogen-bond donors (Lipinski definition) is 2. The fraction of sp³-hybridized carbons (Fsp3) is 0.350. The third-order valence-corrected chi connectivity index (χ3v) is 4.20. The molecule has 25 heavy (non-hydrogen) atoms. The molecule has 0 radical (unpaired) electrons. The molecule has 5 nitrogen and oxygen atoms in total. The zero-order chi connectivity index (χ0) is 17.5. The summed E-state index contributed by atoms with van der Waals surface area (Å²) in [6.45, 7) is 4.94. The van der Waals surface area contributed by atoms with Gasteiger partial charge in [0.15, 0.2) is 17.5 Å². The molecule has 0 aromatic heterocycles. The van der Waals surface area contributed by atoms with E-state index < -0.39 is 0 Å². The molecule has 2 aromatic rings. The quantitative estimate of drug-likeness (QED) is 0.664. The van der Waals surface area contributed by atoms with Gasteiger partial charge in [0.2, 0.25) is 0 Å². The number of hydrogen-bond acceptors (Lipinski definition) is 3. The largest absolute Gasteiger partial charge is 0.490 e. The second-order valence-corrected chi connectivity index (χ2v) is 6.04. The molecule has 0 saturated carbocycles. The average Bonchev–Trinajstić information content (AvgIpc) is 2.88. The summed E-state index contributed by atoms with van der Waals surface area (Å²) >= 11 is 0. The molecule has 3 rings (SSSR count).